The second-order valence-corrected chi connectivity index (χ2v) is 7.51. The molecule has 0 aliphatic carbocycles. The summed E-state index contributed by atoms with van der Waals surface area (Å²) in [6.07, 6.45) is 3.92. The predicted molar refractivity (Wildman–Crippen MR) is 109 cm³/mol. The van der Waals surface area contributed by atoms with Gasteiger partial charge in [-0.3, -0.25) is 9.89 Å². The molecule has 6 nitrogen and oxygen atoms in total. The number of nitrogens with one attached hydrogen (secondary N) is 2. The van der Waals surface area contributed by atoms with Gasteiger partial charge in [0.2, 0.25) is 0 Å². The van der Waals surface area contributed by atoms with Gasteiger partial charge < -0.3 is 15.2 Å². The number of aromatic amines is 1. The zero-order valence-electron chi connectivity index (χ0n) is 15.5. The molecule has 3 N–H and O–H groups in total. The smallest absolute Gasteiger partial charge is 0.255 e. The Hall–Kier alpha value is -2.64. The molecule has 0 spiro atoms. The first-order valence-corrected chi connectivity index (χ1v) is 9.61. The molecule has 0 aliphatic heterocycles. The maximum Gasteiger partial charge on any atom is 0.255 e. The third kappa shape index (κ3) is 4.04. The Morgan fingerprint density at radius 3 is 2.81 bits per heavy atom. The molecule has 3 aromatic rings. The fourth-order valence-corrected chi connectivity index (χ4v) is 3.45. The van der Waals surface area contributed by atoms with Crippen LogP contribution in [0.15, 0.2) is 29.6 Å². The van der Waals surface area contributed by atoms with Crippen LogP contribution in [0, 0.1) is 5.92 Å². The lowest BCUT2D eigenvalue weighted by Gasteiger charge is -2.20. The Balaban J connectivity index is 1.99. The Labute approximate surface area is 161 Å². The van der Waals surface area contributed by atoms with Crippen molar-refractivity contribution in [1.29, 1.82) is 0 Å². The third-order valence-corrected chi connectivity index (χ3v) is 5.26. The van der Waals surface area contributed by atoms with Crippen LogP contribution in [0.25, 0.3) is 23.1 Å². The monoisotopic (exact) mass is 385 g/mol. The number of amides is 1. The number of ether oxygens (including phenoxy) is 1. The number of aliphatic hydroxyl groups excluding tert-OH is 1. The van der Waals surface area contributed by atoms with E-state index in [-0.39, 0.29) is 24.5 Å². The van der Waals surface area contributed by atoms with Crippen LogP contribution in [0.3, 0.4) is 0 Å². The largest absolute Gasteiger partial charge is 0.495 e. The molecule has 1 aromatic carbocycles. The van der Waals surface area contributed by atoms with E-state index >= 15 is 0 Å². The highest BCUT2D eigenvalue weighted by atomic mass is 32.1. The molecule has 2 heterocycles. The van der Waals surface area contributed by atoms with Gasteiger partial charge in [0.25, 0.3) is 5.91 Å². The zero-order valence-corrected chi connectivity index (χ0v) is 16.3. The summed E-state index contributed by atoms with van der Waals surface area (Å²) in [7, 11) is 1.54. The fraction of sp³-hybridized carbons (Fsp3) is 0.300. The number of hydrogen-bond acceptors (Lipinski definition) is 5. The van der Waals surface area contributed by atoms with Crippen LogP contribution in [0.1, 0.15) is 34.8 Å². The van der Waals surface area contributed by atoms with E-state index in [9.17, 15) is 9.90 Å². The van der Waals surface area contributed by atoms with E-state index in [2.05, 4.69) is 15.5 Å². The van der Waals surface area contributed by atoms with Crippen molar-refractivity contribution >= 4 is 40.3 Å². The van der Waals surface area contributed by atoms with Crippen molar-refractivity contribution in [3.63, 3.8) is 0 Å². The number of H-pyrrole nitrogens is 1. The third-order valence-electron chi connectivity index (χ3n) is 4.43. The van der Waals surface area contributed by atoms with E-state index in [4.69, 9.17) is 4.74 Å². The maximum absolute atomic E-state index is 12.8. The van der Waals surface area contributed by atoms with Gasteiger partial charge in [0.05, 0.1) is 41.9 Å². The highest BCUT2D eigenvalue weighted by molar-refractivity contribution is 7.10. The van der Waals surface area contributed by atoms with Gasteiger partial charge in [-0.05, 0) is 41.6 Å². The van der Waals surface area contributed by atoms with Crippen LogP contribution < -0.4 is 10.1 Å². The van der Waals surface area contributed by atoms with Crippen molar-refractivity contribution < 1.29 is 14.6 Å². The Kier molecular flexibility index (Phi) is 5.93. The minimum atomic E-state index is -0.319. The van der Waals surface area contributed by atoms with E-state index < -0.39 is 0 Å². The number of rotatable bonds is 7. The van der Waals surface area contributed by atoms with Gasteiger partial charge in [0, 0.05) is 4.88 Å². The summed E-state index contributed by atoms with van der Waals surface area (Å²) in [5.41, 5.74) is 1.90. The van der Waals surface area contributed by atoms with Crippen molar-refractivity contribution in [2.45, 2.75) is 19.9 Å². The maximum atomic E-state index is 12.8. The molecular weight excluding hydrogens is 362 g/mol. The molecule has 3 rings (SSSR count). The normalized spacial score (nSPS) is 12.8. The van der Waals surface area contributed by atoms with Gasteiger partial charge in [-0.1, -0.05) is 19.9 Å². The number of carbonyl (C=O) groups excluding carboxylic acids is 1. The van der Waals surface area contributed by atoms with E-state index in [1.807, 2.05) is 43.5 Å². The predicted octanol–water partition coefficient (Wildman–Crippen LogP) is 3.55. The number of benzene rings is 1. The molecule has 27 heavy (non-hydrogen) atoms. The van der Waals surface area contributed by atoms with Crippen molar-refractivity contribution in [2.75, 3.05) is 13.7 Å². The number of carbonyl (C=O) groups is 1. The highest BCUT2D eigenvalue weighted by Gasteiger charge is 2.22. The first-order valence-electron chi connectivity index (χ1n) is 8.73. The number of aromatic nitrogens is 2. The molecule has 0 aliphatic rings. The number of hydrogen-bond donors (Lipinski definition) is 3. The van der Waals surface area contributed by atoms with Gasteiger partial charge in [-0.15, -0.1) is 11.3 Å². The molecule has 1 atom stereocenters. The first kappa shape index (κ1) is 19.1. The number of nitrogens with zero attached hydrogens (tertiary/aromatic N) is 1. The van der Waals surface area contributed by atoms with E-state index in [0.717, 1.165) is 21.5 Å². The summed E-state index contributed by atoms with van der Waals surface area (Å²) in [4.78, 5) is 13.9. The summed E-state index contributed by atoms with van der Waals surface area (Å²) in [6.45, 7) is 3.78. The van der Waals surface area contributed by atoms with Crippen LogP contribution in [-0.4, -0.2) is 41.0 Å². The Morgan fingerprint density at radius 2 is 2.19 bits per heavy atom. The van der Waals surface area contributed by atoms with Crippen LogP contribution in [-0.2, 0) is 0 Å². The average Bonchev–Trinajstić information content (AvgIpc) is 3.32. The molecule has 0 saturated carbocycles. The van der Waals surface area contributed by atoms with E-state index in [0.29, 0.717) is 11.3 Å². The lowest BCUT2D eigenvalue weighted by atomic mass is 10.0. The van der Waals surface area contributed by atoms with Crippen LogP contribution in [0.5, 0.6) is 5.75 Å². The molecule has 1 amide bonds. The van der Waals surface area contributed by atoms with Crippen LogP contribution >= 0.6 is 11.3 Å². The minimum absolute atomic E-state index is 0.117. The van der Waals surface area contributed by atoms with Crippen LogP contribution in [0.4, 0.5) is 0 Å². The quantitative estimate of drug-likeness (QED) is 0.580. The van der Waals surface area contributed by atoms with Crippen molar-refractivity contribution in [2.24, 2.45) is 5.92 Å². The standard InChI is InChI=1S/C20H23N3O3S/c1-12(2)17(11-24)21-20(25)14-7-9-16-18(19(14)26-3)15(22-23-16)8-6-13-5-4-10-27-13/h4-10,12,17,24H,11H2,1-3H3,(H,21,25)(H,22,23). The van der Waals surface area contributed by atoms with Crippen molar-refractivity contribution in [3.8, 4) is 5.75 Å². The zero-order chi connectivity index (χ0) is 19.4. The molecule has 0 radical (unpaired) electrons. The number of fused-ring (bicyclic) bond motifs is 1. The van der Waals surface area contributed by atoms with Gasteiger partial charge in [0.1, 0.15) is 5.75 Å². The number of methoxy groups -OCH3 is 1. The summed E-state index contributed by atoms with van der Waals surface area (Å²) >= 11 is 1.64. The topological polar surface area (TPSA) is 87.2 Å². The second-order valence-electron chi connectivity index (χ2n) is 6.53. The first-order chi connectivity index (χ1) is 13.0. The molecule has 0 bridgehead atoms. The van der Waals surface area contributed by atoms with Gasteiger partial charge in [-0.25, -0.2) is 0 Å². The van der Waals surface area contributed by atoms with Crippen molar-refractivity contribution in [3.05, 3.63) is 45.8 Å². The summed E-state index contributed by atoms with van der Waals surface area (Å²) in [6, 6.07) is 7.18. The lowest BCUT2D eigenvalue weighted by molar-refractivity contribution is 0.0894. The molecule has 7 heteroatoms. The molecule has 0 fully saturated rings. The molecule has 0 saturated heterocycles. The minimum Gasteiger partial charge on any atom is -0.495 e. The fourth-order valence-electron chi connectivity index (χ4n) is 2.83. The Morgan fingerprint density at radius 1 is 1.37 bits per heavy atom. The highest BCUT2D eigenvalue weighted by Crippen LogP contribution is 2.32. The lowest BCUT2D eigenvalue weighted by Crippen LogP contribution is -2.41. The van der Waals surface area contributed by atoms with E-state index in [1.54, 1.807) is 23.5 Å². The molecule has 1 unspecified atom stereocenters. The van der Waals surface area contributed by atoms with Crippen molar-refractivity contribution in [1.82, 2.24) is 15.5 Å². The summed E-state index contributed by atoms with van der Waals surface area (Å²) in [5, 5.41) is 22.4. The number of aliphatic hydroxyl groups is 1. The van der Waals surface area contributed by atoms with Gasteiger partial charge in [-0.2, -0.15) is 5.10 Å². The summed E-state index contributed by atoms with van der Waals surface area (Å²) < 4.78 is 5.58. The number of thiophene rings is 1. The van der Waals surface area contributed by atoms with E-state index in [1.165, 1.54) is 7.11 Å². The van der Waals surface area contributed by atoms with Gasteiger partial charge in [0.15, 0.2) is 0 Å². The average molecular weight is 385 g/mol. The molecule has 142 valence electrons. The van der Waals surface area contributed by atoms with Crippen LogP contribution in [0.2, 0.25) is 0 Å². The SMILES string of the molecule is COc1c(C(=O)NC(CO)C(C)C)ccc2n[nH]c(C=Cc3cccs3)c12. The molecular formula is C20H23N3O3S. The Bertz CT molecular complexity index is 945. The van der Waals surface area contributed by atoms with Gasteiger partial charge >= 0.3 is 0 Å². The second kappa shape index (κ2) is 8.37. The summed E-state index contributed by atoms with van der Waals surface area (Å²) in [5.74, 6) is 0.299. The molecule has 2 aromatic heterocycles.